The largest absolute Gasteiger partial charge is 0.484 e. The molecule has 0 amide bonds. The molecule has 3 heterocycles. The molecule has 2 fully saturated rings. The fraction of sp³-hybridized carbons (Fsp3) is 0.667. The molecular weight excluding hydrogens is 276 g/mol. The quantitative estimate of drug-likeness (QED) is 0.746. The standard InChI is InChI=1S/C15H18O6/c1-8-9(16)6-12(20-8)15(3)11(18)7-13(21-15)14(2)10(17)4-5-19-14/h4-5,8,12-13H,6-7H2,1-3H3. The van der Waals surface area contributed by atoms with E-state index in [1.54, 1.807) is 20.8 Å². The van der Waals surface area contributed by atoms with Crippen molar-refractivity contribution in [1.82, 2.24) is 0 Å². The minimum Gasteiger partial charge on any atom is -0.484 e. The van der Waals surface area contributed by atoms with Crippen molar-refractivity contribution >= 4 is 17.3 Å². The Labute approximate surface area is 122 Å². The van der Waals surface area contributed by atoms with Crippen molar-refractivity contribution in [2.24, 2.45) is 0 Å². The molecule has 0 aromatic heterocycles. The Kier molecular flexibility index (Phi) is 3.07. The molecule has 0 aromatic carbocycles. The lowest BCUT2D eigenvalue weighted by atomic mass is 9.89. The van der Waals surface area contributed by atoms with Crippen LogP contribution in [-0.4, -0.2) is 46.9 Å². The highest BCUT2D eigenvalue weighted by Gasteiger charge is 2.60. The summed E-state index contributed by atoms with van der Waals surface area (Å²) in [4.78, 5) is 36.0. The second kappa shape index (κ2) is 4.48. The van der Waals surface area contributed by atoms with E-state index in [1.807, 2.05) is 0 Å². The maximum Gasteiger partial charge on any atom is 0.204 e. The van der Waals surface area contributed by atoms with E-state index in [4.69, 9.17) is 14.2 Å². The summed E-state index contributed by atoms with van der Waals surface area (Å²) in [5.74, 6) is -0.424. The maximum atomic E-state index is 12.4. The number of Topliss-reactive ketones (excluding diaryl/α,β-unsaturated/α-hetero) is 2. The molecule has 0 aromatic rings. The van der Waals surface area contributed by atoms with Gasteiger partial charge in [0.15, 0.2) is 22.8 Å². The first-order chi connectivity index (χ1) is 9.77. The molecule has 3 aliphatic rings. The van der Waals surface area contributed by atoms with Gasteiger partial charge in [0.25, 0.3) is 0 Å². The fourth-order valence-corrected chi connectivity index (χ4v) is 3.08. The van der Waals surface area contributed by atoms with Crippen molar-refractivity contribution in [3.63, 3.8) is 0 Å². The predicted octanol–water partition coefficient (Wildman–Crippen LogP) is 0.721. The van der Waals surface area contributed by atoms with Gasteiger partial charge >= 0.3 is 0 Å². The number of hydrogen-bond donors (Lipinski definition) is 0. The van der Waals surface area contributed by atoms with Crippen LogP contribution in [0.4, 0.5) is 0 Å². The summed E-state index contributed by atoms with van der Waals surface area (Å²) in [6.07, 6.45) is 1.08. The third-order valence-corrected chi connectivity index (χ3v) is 4.77. The van der Waals surface area contributed by atoms with E-state index in [0.29, 0.717) is 0 Å². The molecule has 0 bridgehead atoms. The van der Waals surface area contributed by atoms with Gasteiger partial charge in [-0.05, 0) is 20.8 Å². The number of rotatable bonds is 2. The molecule has 21 heavy (non-hydrogen) atoms. The van der Waals surface area contributed by atoms with Gasteiger partial charge in [0.05, 0.1) is 6.26 Å². The van der Waals surface area contributed by atoms with Gasteiger partial charge in [-0.2, -0.15) is 0 Å². The first-order valence-electron chi connectivity index (χ1n) is 7.05. The summed E-state index contributed by atoms with van der Waals surface area (Å²) >= 11 is 0. The van der Waals surface area contributed by atoms with Crippen LogP contribution in [0.2, 0.25) is 0 Å². The zero-order valence-corrected chi connectivity index (χ0v) is 12.3. The van der Waals surface area contributed by atoms with Crippen LogP contribution >= 0.6 is 0 Å². The maximum absolute atomic E-state index is 12.4. The zero-order chi connectivity index (χ0) is 15.4. The van der Waals surface area contributed by atoms with Crippen molar-refractivity contribution < 1.29 is 28.6 Å². The summed E-state index contributed by atoms with van der Waals surface area (Å²) in [6, 6.07) is 0. The number of ether oxygens (including phenoxy) is 3. The molecule has 0 saturated carbocycles. The van der Waals surface area contributed by atoms with Crippen LogP contribution < -0.4 is 0 Å². The highest BCUT2D eigenvalue weighted by molar-refractivity contribution is 6.00. The molecule has 0 spiro atoms. The third-order valence-electron chi connectivity index (χ3n) is 4.77. The molecule has 0 radical (unpaired) electrons. The molecule has 2 saturated heterocycles. The van der Waals surface area contributed by atoms with Crippen LogP contribution in [0.3, 0.4) is 0 Å². The average molecular weight is 294 g/mol. The van der Waals surface area contributed by atoms with E-state index in [9.17, 15) is 14.4 Å². The molecule has 3 aliphatic heterocycles. The van der Waals surface area contributed by atoms with Crippen molar-refractivity contribution in [1.29, 1.82) is 0 Å². The Balaban J connectivity index is 1.82. The first kappa shape index (κ1) is 14.4. The zero-order valence-electron chi connectivity index (χ0n) is 12.3. The van der Waals surface area contributed by atoms with Crippen LogP contribution in [0.15, 0.2) is 12.3 Å². The Morgan fingerprint density at radius 1 is 1.10 bits per heavy atom. The topological polar surface area (TPSA) is 78.9 Å². The van der Waals surface area contributed by atoms with Gasteiger partial charge in [0, 0.05) is 18.9 Å². The molecule has 0 aliphatic carbocycles. The Morgan fingerprint density at radius 2 is 1.81 bits per heavy atom. The van der Waals surface area contributed by atoms with Crippen molar-refractivity contribution in [3.8, 4) is 0 Å². The van der Waals surface area contributed by atoms with Gasteiger partial charge in [-0.1, -0.05) is 0 Å². The minimum absolute atomic E-state index is 0.0397. The van der Waals surface area contributed by atoms with Crippen LogP contribution in [0.25, 0.3) is 0 Å². The molecular formula is C15H18O6. The van der Waals surface area contributed by atoms with Gasteiger partial charge in [-0.15, -0.1) is 0 Å². The number of carbonyl (C=O) groups is 3. The van der Waals surface area contributed by atoms with Crippen molar-refractivity contribution in [3.05, 3.63) is 12.3 Å². The SMILES string of the molecule is CC1OC(C2(C)OC(C3(C)OC=CC3=O)CC2=O)CC1=O. The summed E-state index contributed by atoms with van der Waals surface area (Å²) < 4.78 is 16.8. The van der Waals surface area contributed by atoms with Gasteiger partial charge in [-0.3, -0.25) is 14.4 Å². The van der Waals surface area contributed by atoms with Crippen LogP contribution in [0.5, 0.6) is 0 Å². The molecule has 0 N–H and O–H groups in total. The van der Waals surface area contributed by atoms with Gasteiger partial charge in [-0.25, -0.2) is 0 Å². The van der Waals surface area contributed by atoms with Crippen LogP contribution in [-0.2, 0) is 28.6 Å². The summed E-state index contributed by atoms with van der Waals surface area (Å²) in [5, 5.41) is 0. The Hall–Kier alpha value is -1.53. The highest BCUT2D eigenvalue weighted by Crippen LogP contribution is 2.41. The van der Waals surface area contributed by atoms with Gasteiger partial charge < -0.3 is 14.2 Å². The van der Waals surface area contributed by atoms with E-state index < -0.39 is 29.5 Å². The smallest absolute Gasteiger partial charge is 0.204 e. The lowest BCUT2D eigenvalue weighted by molar-refractivity contribution is -0.174. The first-order valence-corrected chi connectivity index (χ1v) is 7.05. The molecule has 6 nitrogen and oxygen atoms in total. The van der Waals surface area contributed by atoms with Crippen molar-refractivity contribution in [2.45, 2.75) is 63.1 Å². The molecule has 6 heteroatoms. The molecule has 5 atom stereocenters. The second-order valence-electron chi connectivity index (χ2n) is 6.17. The van der Waals surface area contributed by atoms with E-state index in [0.717, 1.165) is 0 Å². The van der Waals surface area contributed by atoms with E-state index >= 15 is 0 Å². The lowest BCUT2D eigenvalue weighted by Gasteiger charge is -2.33. The molecule has 5 unspecified atom stereocenters. The van der Waals surface area contributed by atoms with E-state index in [1.165, 1.54) is 12.3 Å². The number of carbonyl (C=O) groups excluding carboxylic acids is 3. The third kappa shape index (κ3) is 1.97. The lowest BCUT2D eigenvalue weighted by Crippen LogP contribution is -2.49. The van der Waals surface area contributed by atoms with Crippen LogP contribution in [0.1, 0.15) is 33.6 Å². The number of hydrogen-bond acceptors (Lipinski definition) is 6. The van der Waals surface area contributed by atoms with Crippen LogP contribution in [0, 0.1) is 0 Å². The second-order valence-corrected chi connectivity index (χ2v) is 6.17. The summed E-state index contributed by atoms with van der Waals surface area (Å²) in [6.45, 7) is 4.90. The monoisotopic (exact) mass is 294 g/mol. The Bertz CT molecular complexity index is 552. The van der Waals surface area contributed by atoms with Crippen molar-refractivity contribution in [2.75, 3.05) is 0 Å². The molecule has 3 rings (SSSR count). The highest BCUT2D eigenvalue weighted by atomic mass is 16.6. The van der Waals surface area contributed by atoms with Gasteiger partial charge in [0.1, 0.15) is 18.3 Å². The Morgan fingerprint density at radius 3 is 2.33 bits per heavy atom. The normalized spacial score (nSPS) is 46.4. The van der Waals surface area contributed by atoms with E-state index in [2.05, 4.69) is 0 Å². The fourth-order valence-electron chi connectivity index (χ4n) is 3.08. The molecule has 114 valence electrons. The van der Waals surface area contributed by atoms with E-state index in [-0.39, 0.29) is 30.2 Å². The van der Waals surface area contributed by atoms with Gasteiger partial charge in [0.2, 0.25) is 5.78 Å². The average Bonchev–Trinajstić information content (AvgIpc) is 3.03. The predicted molar refractivity (Wildman–Crippen MR) is 70.5 cm³/mol. The number of ketones is 3. The summed E-state index contributed by atoms with van der Waals surface area (Å²) in [7, 11) is 0. The summed E-state index contributed by atoms with van der Waals surface area (Å²) in [5.41, 5.74) is -2.39. The minimum atomic E-state index is -1.21.